The maximum absolute atomic E-state index is 11.4. The molecule has 0 radical (unpaired) electrons. The maximum Gasteiger partial charge on any atom is 0.422 e. The molecule has 1 aromatic carbocycles. The summed E-state index contributed by atoms with van der Waals surface area (Å²) in [6.07, 6.45) is -1.06. The Balaban J connectivity index is 2.72. The van der Waals surface area contributed by atoms with Crippen molar-refractivity contribution in [3.05, 3.63) is 24.3 Å². The Labute approximate surface area is 98.9 Å². The lowest BCUT2D eigenvalue weighted by atomic mass is 10.3. The van der Waals surface area contributed by atoms with Crippen LogP contribution in [0.4, 0.5) is 10.5 Å². The highest BCUT2D eigenvalue weighted by Gasteiger charge is 2.14. The normalized spacial score (nSPS) is 10.5. The molecule has 0 saturated heterocycles. The molecule has 2 N–H and O–H groups in total. The number of carbonyl (C=O) groups excluding carboxylic acids is 1. The minimum Gasteiger partial charge on any atom is -0.497 e. The number of anilines is 1. The molecule has 0 aliphatic heterocycles. The minimum atomic E-state index is -3.98. The number of ether oxygens (including phenoxy) is 2. The molecule has 0 heterocycles. The van der Waals surface area contributed by atoms with E-state index < -0.39 is 16.3 Å². The largest absolute Gasteiger partial charge is 0.497 e. The van der Waals surface area contributed by atoms with Crippen molar-refractivity contribution in [1.29, 1.82) is 0 Å². The maximum atomic E-state index is 11.4. The number of amides is 1. The van der Waals surface area contributed by atoms with Gasteiger partial charge in [0.05, 0.1) is 19.9 Å². The first kappa shape index (κ1) is 13.1. The van der Waals surface area contributed by atoms with Crippen LogP contribution in [0.5, 0.6) is 5.75 Å². The van der Waals surface area contributed by atoms with E-state index in [2.05, 4.69) is 9.46 Å². The molecular weight excluding hydrogens is 248 g/mol. The van der Waals surface area contributed by atoms with Crippen LogP contribution in [-0.2, 0) is 14.9 Å². The number of nitrogens with one attached hydrogen (secondary N) is 2. The van der Waals surface area contributed by atoms with Gasteiger partial charge in [0.25, 0.3) is 0 Å². The molecule has 1 amide bonds. The van der Waals surface area contributed by atoms with Crippen LogP contribution in [0.15, 0.2) is 24.3 Å². The average Bonchev–Trinajstić information content (AvgIpc) is 2.28. The quantitative estimate of drug-likeness (QED) is 0.831. The van der Waals surface area contributed by atoms with E-state index >= 15 is 0 Å². The highest BCUT2D eigenvalue weighted by atomic mass is 32.2. The molecule has 17 heavy (non-hydrogen) atoms. The highest BCUT2D eigenvalue weighted by molar-refractivity contribution is 7.91. The Kier molecular flexibility index (Phi) is 4.16. The minimum absolute atomic E-state index is 0.294. The molecule has 0 atom stereocenters. The van der Waals surface area contributed by atoms with Crippen molar-refractivity contribution in [3.8, 4) is 5.75 Å². The third-order valence-electron chi connectivity index (χ3n) is 1.75. The van der Waals surface area contributed by atoms with E-state index in [-0.39, 0.29) is 0 Å². The van der Waals surface area contributed by atoms with Gasteiger partial charge < -0.3 is 9.47 Å². The molecule has 94 valence electrons. The van der Waals surface area contributed by atoms with Crippen LogP contribution in [0.3, 0.4) is 0 Å². The van der Waals surface area contributed by atoms with E-state index in [9.17, 15) is 13.2 Å². The summed E-state index contributed by atoms with van der Waals surface area (Å²) in [5.74, 6) is 0.592. The van der Waals surface area contributed by atoms with Crippen molar-refractivity contribution in [1.82, 2.24) is 4.72 Å². The molecule has 0 aliphatic rings. The van der Waals surface area contributed by atoms with Crippen LogP contribution in [-0.4, -0.2) is 28.7 Å². The molecule has 1 rings (SSSR count). The van der Waals surface area contributed by atoms with Crippen LogP contribution in [0.1, 0.15) is 0 Å². The lowest BCUT2D eigenvalue weighted by molar-refractivity contribution is 0.177. The zero-order valence-corrected chi connectivity index (χ0v) is 10.1. The first-order valence-corrected chi connectivity index (χ1v) is 5.97. The summed E-state index contributed by atoms with van der Waals surface area (Å²) in [4.78, 5) is 10.7. The van der Waals surface area contributed by atoms with Crippen molar-refractivity contribution in [2.24, 2.45) is 0 Å². The molecule has 0 unspecified atom stereocenters. The van der Waals surface area contributed by atoms with Gasteiger partial charge >= 0.3 is 16.3 Å². The Bertz CT molecular complexity index is 483. The summed E-state index contributed by atoms with van der Waals surface area (Å²) < 4.78 is 35.6. The fourth-order valence-corrected chi connectivity index (χ4v) is 1.79. The molecule has 0 bridgehead atoms. The molecular formula is C9H12N2O5S. The fourth-order valence-electron chi connectivity index (χ4n) is 0.991. The molecule has 0 saturated carbocycles. The number of carbonyl (C=O) groups is 1. The van der Waals surface area contributed by atoms with E-state index in [4.69, 9.17) is 4.74 Å². The molecule has 7 nitrogen and oxygen atoms in total. The topological polar surface area (TPSA) is 93.7 Å². The number of hydrogen-bond donors (Lipinski definition) is 2. The Morgan fingerprint density at radius 1 is 1.18 bits per heavy atom. The zero-order chi connectivity index (χ0) is 12.9. The zero-order valence-electron chi connectivity index (χ0n) is 9.26. The van der Waals surface area contributed by atoms with Gasteiger partial charge in [0.2, 0.25) is 0 Å². The van der Waals surface area contributed by atoms with Crippen molar-refractivity contribution in [3.63, 3.8) is 0 Å². The van der Waals surface area contributed by atoms with Crippen molar-refractivity contribution >= 4 is 22.0 Å². The lowest BCUT2D eigenvalue weighted by Crippen LogP contribution is -2.35. The predicted molar refractivity (Wildman–Crippen MR) is 61.1 cm³/mol. The van der Waals surface area contributed by atoms with Crippen LogP contribution >= 0.6 is 0 Å². The van der Waals surface area contributed by atoms with E-state index in [1.54, 1.807) is 16.9 Å². The molecule has 0 aliphatic carbocycles. The van der Waals surface area contributed by atoms with E-state index in [1.165, 1.54) is 19.2 Å². The fraction of sp³-hybridized carbons (Fsp3) is 0.222. The first-order valence-electron chi connectivity index (χ1n) is 4.49. The first-order chi connectivity index (χ1) is 7.96. The number of methoxy groups -OCH3 is 2. The molecule has 1 aromatic rings. The number of benzene rings is 1. The summed E-state index contributed by atoms with van der Waals surface area (Å²) in [6.45, 7) is 0. The summed E-state index contributed by atoms with van der Waals surface area (Å²) >= 11 is 0. The van der Waals surface area contributed by atoms with Gasteiger partial charge in [0.1, 0.15) is 5.75 Å². The Hall–Kier alpha value is -1.96. The van der Waals surface area contributed by atoms with E-state index in [0.29, 0.717) is 11.4 Å². The second-order valence-electron chi connectivity index (χ2n) is 2.93. The summed E-state index contributed by atoms with van der Waals surface area (Å²) in [6, 6.07) is 6.15. The average molecular weight is 260 g/mol. The van der Waals surface area contributed by atoms with Gasteiger partial charge in [-0.15, -0.1) is 0 Å². The molecule has 8 heteroatoms. The summed E-state index contributed by atoms with van der Waals surface area (Å²) in [7, 11) is -1.42. The molecule has 0 fully saturated rings. The van der Waals surface area contributed by atoms with Crippen LogP contribution in [0.25, 0.3) is 0 Å². The van der Waals surface area contributed by atoms with Crippen LogP contribution < -0.4 is 14.2 Å². The van der Waals surface area contributed by atoms with Gasteiger partial charge in [0.15, 0.2) is 0 Å². The second kappa shape index (κ2) is 5.39. The highest BCUT2D eigenvalue weighted by Crippen LogP contribution is 2.15. The van der Waals surface area contributed by atoms with Crippen LogP contribution in [0, 0.1) is 0 Å². The smallest absolute Gasteiger partial charge is 0.422 e. The van der Waals surface area contributed by atoms with E-state index in [1.807, 2.05) is 0 Å². The van der Waals surface area contributed by atoms with Crippen molar-refractivity contribution < 1.29 is 22.7 Å². The van der Waals surface area contributed by atoms with Gasteiger partial charge in [0, 0.05) is 0 Å². The number of rotatable bonds is 4. The Morgan fingerprint density at radius 2 is 1.76 bits per heavy atom. The Morgan fingerprint density at radius 3 is 2.24 bits per heavy atom. The summed E-state index contributed by atoms with van der Waals surface area (Å²) in [5, 5.41) is 0. The van der Waals surface area contributed by atoms with Crippen molar-refractivity contribution in [2.45, 2.75) is 0 Å². The van der Waals surface area contributed by atoms with Crippen molar-refractivity contribution in [2.75, 3.05) is 18.9 Å². The van der Waals surface area contributed by atoms with E-state index in [0.717, 1.165) is 7.11 Å². The van der Waals surface area contributed by atoms with Gasteiger partial charge in [-0.1, -0.05) is 0 Å². The summed E-state index contributed by atoms with van der Waals surface area (Å²) in [5.41, 5.74) is 0.294. The monoisotopic (exact) mass is 260 g/mol. The number of hydrogen-bond acceptors (Lipinski definition) is 5. The SMILES string of the molecule is COC(=O)NS(=O)(=O)Nc1ccc(OC)cc1. The molecule has 0 spiro atoms. The third kappa shape index (κ3) is 4.19. The third-order valence-corrected chi connectivity index (χ3v) is 2.69. The standard InChI is InChI=1S/C9H12N2O5S/c1-15-8-5-3-7(4-6-8)10-17(13,14)11-9(12)16-2/h3-6,10H,1-2H3,(H,11,12). The van der Waals surface area contributed by atoms with Gasteiger partial charge in [-0.05, 0) is 24.3 Å². The van der Waals surface area contributed by atoms with Gasteiger partial charge in [-0.2, -0.15) is 8.42 Å². The van der Waals surface area contributed by atoms with Gasteiger partial charge in [-0.25, -0.2) is 9.52 Å². The van der Waals surface area contributed by atoms with Crippen LogP contribution in [0.2, 0.25) is 0 Å². The molecule has 0 aromatic heterocycles. The predicted octanol–water partition coefficient (Wildman–Crippen LogP) is 0.708. The lowest BCUT2D eigenvalue weighted by Gasteiger charge is -2.08. The van der Waals surface area contributed by atoms with Gasteiger partial charge in [-0.3, -0.25) is 4.72 Å². The second-order valence-corrected chi connectivity index (χ2v) is 4.34.